The number of anilines is 1. The summed E-state index contributed by atoms with van der Waals surface area (Å²) in [7, 11) is 0. The molecule has 0 saturated heterocycles. The number of aromatic carboxylic acids is 1. The molecule has 6 heteroatoms. The van der Waals surface area contributed by atoms with E-state index in [-0.39, 0.29) is 11.7 Å². The second-order valence-corrected chi connectivity index (χ2v) is 4.69. The van der Waals surface area contributed by atoms with Gasteiger partial charge in [0.2, 0.25) is 0 Å². The Labute approximate surface area is 116 Å². The van der Waals surface area contributed by atoms with Crippen molar-refractivity contribution in [2.45, 2.75) is 32.7 Å². The fourth-order valence-electron chi connectivity index (χ4n) is 1.82. The van der Waals surface area contributed by atoms with Crippen molar-refractivity contribution in [3.63, 3.8) is 0 Å². The molecule has 0 radical (unpaired) electrons. The van der Waals surface area contributed by atoms with Crippen LogP contribution in [-0.2, 0) is 6.42 Å². The van der Waals surface area contributed by atoms with Gasteiger partial charge in [0, 0.05) is 12.5 Å². The Hall–Kier alpha value is -2.37. The summed E-state index contributed by atoms with van der Waals surface area (Å²) >= 11 is 0. The van der Waals surface area contributed by atoms with Gasteiger partial charge in [-0.1, -0.05) is 0 Å². The fourth-order valence-corrected chi connectivity index (χ4v) is 1.82. The Kier molecular flexibility index (Phi) is 4.34. The molecule has 2 aromatic heterocycles. The molecule has 2 N–H and O–H groups in total. The van der Waals surface area contributed by atoms with Crippen LogP contribution in [0.15, 0.2) is 28.9 Å². The van der Waals surface area contributed by atoms with Crippen LogP contribution in [-0.4, -0.2) is 27.1 Å². The van der Waals surface area contributed by atoms with E-state index in [1.807, 2.05) is 26.0 Å². The van der Waals surface area contributed by atoms with Gasteiger partial charge in [0.15, 0.2) is 5.69 Å². The van der Waals surface area contributed by atoms with Crippen molar-refractivity contribution in [1.82, 2.24) is 9.97 Å². The van der Waals surface area contributed by atoms with Crippen molar-refractivity contribution in [3.05, 3.63) is 41.7 Å². The zero-order chi connectivity index (χ0) is 14.5. The van der Waals surface area contributed by atoms with E-state index in [4.69, 9.17) is 9.52 Å². The number of hydrogen-bond donors (Lipinski definition) is 2. The summed E-state index contributed by atoms with van der Waals surface area (Å²) in [5.74, 6) is 1.36. The fraction of sp³-hybridized carbons (Fsp3) is 0.357. The molecule has 0 amide bonds. The maximum atomic E-state index is 10.7. The number of aryl methyl sites for hydroxylation is 2. The molecule has 6 nitrogen and oxygen atoms in total. The molecule has 20 heavy (non-hydrogen) atoms. The molecule has 2 aromatic rings. The third kappa shape index (κ3) is 3.81. The summed E-state index contributed by atoms with van der Waals surface area (Å²) in [6, 6.07) is 4.11. The Morgan fingerprint density at radius 2 is 2.20 bits per heavy atom. The Morgan fingerprint density at radius 3 is 2.75 bits per heavy atom. The van der Waals surface area contributed by atoms with Crippen molar-refractivity contribution in [1.29, 1.82) is 0 Å². The number of carboxylic acids is 1. The minimum atomic E-state index is -1.08. The van der Waals surface area contributed by atoms with Crippen LogP contribution in [0.1, 0.15) is 35.4 Å². The summed E-state index contributed by atoms with van der Waals surface area (Å²) < 4.78 is 5.51. The summed E-state index contributed by atoms with van der Waals surface area (Å²) in [5, 5.41) is 11.9. The monoisotopic (exact) mass is 275 g/mol. The lowest BCUT2D eigenvalue weighted by Gasteiger charge is -2.13. The first-order chi connectivity index (χ1) is 9.54. The molecule has 0 spiro atoms. The summed E-state index contributed by atoms with van der Waals surface area (Å²) in [6.45, 7) is 3.95. The van der Waals surface area contributed by atoms with E-state index in [0.29, 0.717) is 5.82 Å². The van der Waals surface area contributed by atoms with E-state index in [1.165, 1.54) is 12.4 Å². The lowest BCUT2D eigenvalue weighted by atomic mass is 10.1. The summed E-state index contributed by atoms with van der Waals surface area (Å²) in [4.78, 5) is 18.5. The Bertz CT molecular complexity index is 578. The molecule has 0 aliphatic carbocycles. The molecular formula is C14H17N3O3. The predicted octanol–water partition coefficient (Wildman–Crippen LogP) is 2.51. The van der Waals surface area contributed by atoms with Crippen LogP contribution in [0.2, 0.25) is 0 Å². The molecule has 2 heterocycles. The lowest BCUT2D eigenvalue weighted by molar-refractivity contribution is 0.0690. The lowest BCUT2D eigenvalue weighted by Crippen LogP contribution is -2.17. The molecule has 0 fully saturated rings. The molecule has 0 aromatic carbocycles. The Balaban J connectivity index is 1.84. The van der Waals surface area contributed by atoms with E-state index >= 15 is 0 Å². The van der Waals surface area contributed by atoms with Crippen molar-refractivity contribution >= 4 is 11.8 Å². The zero-order valence-corrected chi connectivity index (χ0v) is 11.5. The SMILES string of the molecule is Cc1ccc(CCC(C)Nc2cnc(C(=O)O)cn2)o1. The number of aromatic nitrogens is 2. The first-order valence-electron chi connectivity index (χ1n) is 6.42. The van der Waals surface area contributed by atoms with Gasteiger partial charge in [-0.3, -0.25) is 0 Å². The maximum absolute atomic E-state index is 10.7. The van der Waals surface area contributed by atoms with Crippen LogP contribution >= 0.6 is 0 Å². The molecule has 0 aliphatic rings. The molecule has 1 unspecified atom stereocenters. The largest absolute Gasteiger partial charge is 0.476 e. The highest BCUT2D eigenvalue weighted by atomic mass is 16.4. The van der Waals surface area contributed by atoms with E-state index in [1.54, 1.807) is 0 Å². The topological polar surface area (TPSA) is 88.2 Å². The van der Waals surface area contributed by atoms with E-state index in [0.717, 1.165) is 24.4 Å². The second kappa shape index (κ2) is 6.18. The highest BCUT2D eigenvalue weighted by Gasteiger charge is 2.08. The number of carboxylic acid groups (broad SMARTS) is 1. The summed E-state index contributed by atoms with van der Waals surface area (Å²) in [5.41, 5.74) is -0.0609. The minimum Gasteiger partial charge on any atom is -0.476 e. The van der Waals surface area contributed by atoms with Crippen LogP contribution in [0.5, 0.6) is 0 Å². The predicted molar refractivity (Wildman–Crippen MR) is 73.8 cm³/mol. The van der Waals surface area contributed by atoms with Gasteiger partial charge in [0.05, 0.1) is 12.4 Å². The molecule has 0 aliphatic heterocycles. The van der Waals surface area contributed by atoms with E-state index in [9.17, 15) is 4.79 Å². The van der Waals surface area contributed by atoms with Gasteiger partial charge in [0.25, 0.3) is 0 Å². The molecule has 0 bridgehead atoms. The van der Waals surface area contributed by atoms with Gasteiger partial charge in [-0.2, -0.15) is 0 Å². The van der Waals surface area contributed by atoms with E-state index in [2.05, 4.69) is 15.3 Å². The van der Waals surface area contributed by atoms with Crippen molar-refractivity contribution in [3.8, 4) is 0 Å². The van der Waals surface area contributed by atoms with Crippen molar-refractivity contribution in [2.75, 3.05) is 5.32 Å². The first kappa shape index (κ1) is 14.0. The van der Waals surface area contributed by atoms with Crippen molar-refractivity contribution < 1.29 is 14.3 Å². The first-order valence-corrected chi connectivity index (χ1v) is 6.42. The molecule has 2 rings (SSSR count). The normalized spacial score (nSPS) is 12.1. The number of nitrogens with zero attached hydrogens (tertiary/aromatic N) is 2. The Morgan fingerprint density at radius 1 is 1.40 bits per heavy atom. The van der Waals surface area contributed by atoms with Crippen LogP contribution in [0, 0.1) is 6.92 Å². The highest BCUT2D eigenvalue weighted by molar-refractivity contribution is 5.84. The third-order valence-electron chi connectivity index (χ3n) is 2.89. The quantitative estimate of drug-likeness (QED) is 0.842. The number of furan rings is 1. The van der Waals surface area contributed by atoms with Crippen LogP contribution in [0.4, 0.5) is 5.82 Å². The van der Waals surface area contributed by atoms with Crippen molar-refractivity contribution in [2.24, 2.45) is 0 Å². The third-order valence-corrected chi connectivity index (χ3v) is 2.89. The van der Waals surface area contributed by atoms with Gasteiger partial charge in [-0.25, -0.2) is 14.8 Å². The van der Waals surface area contributed by atoms with Crippen LogP contribution in [0.25, 0.3) is 0 Å². The smallest absolute Gasteiger partial charge is 0.356 e. The number of hydrogen-bond acceptors (Lipinski definition) is 5. The molecular weight excluding hydrogens is 258 g/mol. The van der Waals surface area contributed by atoms with Gasteiger partial charge in [-0.15, -0.1) is 0 Å². The second-order valence-electron chi connectivity index (χ2n) is 4.69. The minimum absolute atomic E-state index is 0.0609. The van der Waals surface area contributed by atoms with Gasteiger partial charge in [-0.05, 0) is 32.4 Å². The standard InChI is InChI=1S/C14H17N3O3/c1-9(3-5-11-6-4-10(2)20-11)17-13-8-15-12(7-16-13)14(18)19/h4,6-9H,3,5H2,1-2H3,(H,16,17)(H,18,19). The molecule has 106 valence electrons. The average Bonchev–Trinajstić information content (AvgIpc) is 2.83. The average molecular weight is 275 g/mol. The number of nitrogens with one attached hydrogen (secondary N) is 1. The number of carbonyl (C=O) groups is 1. The highest BCUT2D eigenvalue weighted by Crippen LogP contribution is 2.12. The van der Waals surface area contributed by atoms with Gasteiger partial charge >= 0.3 is 5.97 Å². The van der Waals surface area contributed by atoms with Gasteiger partial charge < -0.3 is 14.8 Å². The molecule has 0 saturated carbocycles. The zero-order valence-electron chi connectivity index (χ0n) is 11.5. The van der Waals surface area contributed by atoms with Crippen LogP contribution in [0.3, 0.4) is 0 Å². The number of rotatable bonds is 6. The van der Waals surface area contributed by atoms with E-state index < -0.39 is 5.97 Å². The molecule has 1 atom stereocenters. The van der Waals surface area contributed by atoms with Crippen LogP contribution < -0.4 is 5.32 Å². The summed E-state index contributed by atoms with van der Waals surface area (Å²) in [6.07, 6.45) is 4.39. The maximum Gasteiger partial charge on any atom is 0.356 e. The van der Waals surface area contributed by atoms with Gasteiger partial charge in [0.1, 0.15) is 17.3 Å².